The van der Waals surface area contributed by atoms with Gasteiger partial charge in [-0.1, -0.05) is 12.1 Å². The molecule has 1 N–H and O–H groups in total. The SMILES string of the molecule is CC(O)C1CCN(C(=O)c2ccc(-c3nc4ccccc4s3)o2)C1. The number of aliphatic hydroxyl groups excluding tert-OH is 1. The Morgan fingerprint density at radius 2 is 2.21 bits per heavy atom. The fourth-order valence-corrected chi connectivity index (χ4v) is 3.99. The van der Waals surface area contributed by atoms with E-state index in [-0.39, 0.29) is 11.8 Å². The van der Waals surface area contributed by atoms with E-state index in [1.807, 2.05) is 24.3 Å². The molecule has 2 unspecified atom stereocenters. The van der Waals surface area contributed by atoms with Crippen molar-refractivity contribution >= 4 is 27.5 Å². The van der Waals surface area contributed by atoms with E-state index in [4.69, 9.17) is 4.42 Å². The van der Waals surface area contributed by atoms with Crippen LogP contribution in [0, 0.1) is 5.92 Å². The third-order valence-electron chi connectivity index (χ3n) is 4.52. The molecule has 3 aromatic rings. The Morgan fingerprint density at radius 1 is 1.38 bits per heavy atom. The van der Waals surface area contributed by atoms with Crippen LogP contribution in [-0.4, -0.2) is 40.1 Å². The number of fused-ring (bicyclic) bond motifs is 1. The van der Waals surface area contributed by atoms with Crippen molar-refractivity contribution in [2.24, 2.45) is 5.92 Å². The molecule has 0 spiro atoms. The van der Waals surface area contributed by atoms with Crippen molar-refractivity contribution in [3.63, 3.8) is 0 Å². The summed E-state index contributed by atoms with van der Waals surface area (Å²) in [5.74, 6) is 0.972. The van der Waals surface area contributed by atoms with Crippen molar-refractivity contribution < 1.29 is 14.3 Å². The number of likely N-dealkylation sites (tertiary alicyclic amines) is 1. The van der Waals surface area contributed by atoms with Crippen molar-refractivity contribution in [3.8, 4) is 10.8 Å². The summed E-state index contributed by atoms with van der Waals surface area (Å²) in [5, 5.41) is 10.5. The molecule has 0 radical (unpaired) electrons. The van der Waals surface area contributed by atoms with Crippen LogP contribution in [-0.2, 0) is 0 Å². The van der Waals surface area contributed by atoms with Crippen molar-refractivity contribution in [2.45, 2.75) is 19.4 Å². The molecule has 1 fully saturated rings. The average Bonchev–Trinajstić information content (AvgIpc) is 3.31. The van der Waals surface area contributed by atoms with E-state index in [9.17, 15) is 9.90 Å². The molecule has 1 aliphatic heterocycles. The number of thiazole rings is 1. The largest absolute Gasteiger partial charge is 0.448 e. The second kappa shape index (κ2) is 6.03. The fourth-order valence-electron chi connectivity index (χ4n) is 3.07. The molecule has 1 saturated heterocycles. The van der Waals surface area contributed by atoms with Gasteiger partial charge in [-0.25, -0.2) is 4.98 Å². The molecule has 2 atom stereocenters. The van der Waals surface area contributed by atoms with Gasteiger partial charge in [0.05, 0.1) is 16.3 Å². The van der Waals surface area contributed by atoms with Gasteiger partial charge in [0, 0.05) is 19.0 Å². The van der Waals surface area contributed by atoms with E-state index in [2.05, 4.69) is 4.98 Å². The zero-order chi connectivity index (χ0) is 16.7. The topological polar surface area (TPSA) is 66.6 Å². The van der Waals surface area contributed by atoms with E-state index in [0.717, 1.165) is 21.6 Å². The lowest BCUT2D eigenvalue weighted by Gasteiger charge is -2.16. The standard InChI is InChI=1S/C18H18N2O3S/c1-11(21)12-8-9-20(10-12)18(22)15-7-6-14(23-15)17-19-13-4-2-3-5-16(13)24-17/h2-7,11-12,21H,8-10H2,1H3. The number of rotatable bonds is 3. The molecule has 24 heavy (non-hydrogen) atoms. The van der Waals surface area contributed by atoms with Gasteiger partial charge < -0.3 is 14.4 Å². The van der Waals surface area contributed by atoms with Gasteiger partial charge >= 0.3 is 0 Å². The van der Waals surface area contributed by atoms with E-state index in [0.29, 0.717) is 24.6 Å². The quantitative estimate of drug-likeness (QED) is 0.792. The molecule has 4 rings (SSSR count). The van der Waals surface area contributed by atoms with Gasteiger partial charge in [0.2, 0.25) is 0 Å². The molecular weight excluding hydrogens is 324 g/mol. The first-order valence-electron chi connectivity index (χ1n) is 8.05. The van der Waals surface area contributed by atoms with E-state index < -0.39 is 6.10 Å². The Kier molecular flexibility index (Phi) is 3.86. The third kappa shape index (κ3) is 2.72. The van der Waals surface area contributed by atoms with Crippen LogP contribution in [0.3, 0.4) is 0 Å². The van der Waals surface area contributed by atoms with E-state index >= 15 is 0 Å². The fraction of sp³-hybridized carbons (Fsp3) is 0.333. The zero-order valence-corrected chi connectivity index (χ0v) is 14.1. The van der Waals surface area contributed by atoms with Crippen molar-refractivity contribution in [3.05, 3.63) is 42.2 Å². The van der Waals surface area contributed by atoms with Gasteiger partial charge in [-0.15, -0.1) is 11.3 Å². The number of furan rings is 1. The average molecular weight is 342 g/mol. The monoisotopic (exact) mass is 342 g/mol. The van der Waals surface area contributed by atoms with Crippen LogP contribution in [0.2, 0.25) is 0 Å². The summed E-state index contributed by atoms with van der Waals surface area (Å²) in [6, 6.07) is 11.4. The number of hydrogen-bond acceptors (Lipinski definition) is 5. The molecule has 0 bridgehead atoms. The zero-order valence-electron chi connectivity index (χ0n) is 13.3. The molecule has 3 heterocycles. The molecule has 1 aromatic carbocycles. The molecule has 1 aliphatic rings. The number of carbonyl (C=O) groups is 1. The summed E-state index contributed by atoms with van der Waals surface area (Å²) in [6.07, 6.45) is 0.437. The molecule has 124 valence electrons. The first-order valence-corrected chi connectivity index (χ1v) is 8.86. The summed E-state index contributed by atoms with van der Waals surface area (Å²) >= 11 is 1.55. The Labute approximate surface area is 143 Å². The maximum atomic E-state index is 12.6. The van der Waals surface area contributed by atoms with Crippen molar-refractivity contribution in [2.75, 3.05) is 13.1 Å². The highest BCUT2D eigenvalue weighted by Gasteiger charge is 2.31. The highest BCUT2D eigenvalue weighted by Crippen LogP contribution is 2.31. The number of hydrogen-bond donors (Lipinski definition) is 1. The Bertz CT molecular complexity index is 850. The lowest BCUT2D eigenvalue weighted by molar-refractivity contribution is 0.0732. The van der Waals surface area contributed by atoms with E-state index in [1.165, 1.54) is 0 Å². The van der Waals surface area contributed by atoms with Crippen LogP contribution in [0.1, 0.15) is 23.9 Å². The number of amides is 1. The smallest absolute Gasteiger partial charge is 0.289 e. The molecule has 0 saturated carbocycles. The van der Waals surface area contributed by atoms with Crippen LogP contribution >= 0.6 is 11.3 Å². The molecule has 2 aromatic heterocycles. The number of nitrogens with zero attached hydrogens (tertiary/aromatic N) is 2. The number of aromatic nitrogens is 1. The lowest BCUT2D eigenvalue weighted by atomic mass is 10.0. The third-order valence-corrected chi connectivity index (χ3v) is 5.57. The minimum Gasteiger partial charge on any atom is -0.448 e. The maximum Gasteiger partial charge on any atom is 0.289 e. The molecular formula is C18H18N2O3S. The first-order chi connectivity index (χ1) is 11.6. The summed E-state index contributed by atoms with van der Waals surface area (Å²) in [4.78, 5) is 18.9. The van der Waals surface area contributed by atoms with Gasteiger partial charge in [-0.3, -0.25) is 4.79 Å². The highest BCUT2D eigenvalue weighted by molar-refractivity contribution is 7.21. The van der Waals surface area contributed by atoms with Gasteiger partial charge in [-0.05, 0) is 37.6 Å². The van der Waals surface area contributed by atoms with Crippen LogP contribution in [0.15, 0.2) is 40.8 Å². The predicted octanol–water partition coefficient (Wildman–Crippen LogP) is 3.40. The van der Waals surface area contributed by atoms with Crippen LogP contribution in [0.25, 0.3) is 21.0 Å². The van der Waals surface area contributed by atoms with Crippen molar-refractivity contribution in [1.82, 2.24) is 9.88 Å². The van der Waals surface area contributed by atoms with Gasteiger partial charge in [0.15, 0.2) is 16.5 Å². The summed E-state index contributed by atoms with van der Waals surface area (Å²) in [5.41, 5.74) is 0.932. The molecule has 6 heteroatoms. The van der Waals surface area contributed by atoms with Crippen LogP contribution < -0.4 is 0 Å². The molecule has 0 aliphatic carbocycles. The maximum absolute atomic E-state index is 12.6. The summed E-state index contributed by atoms with van der Waals surface area (Å²) in [7, 11) is 0. The van der Waals surface area contributed by atoms with E-state index in [1.54, 1.807) is 35.3 Å². The summed E-state index contributed by atoms with van der Waals surface area (Å²) in [6.45, 7) is 3.01. The normalized spacial score (nSPS) is 19.1. The number of para-hydroxylation sites is 1. The predicted molar refractivity (Wildman–Crippen MR) is 93.0 cm³/mol. The Hall–Kier alpha value is -2.18. The first kappa shape index (κ1) is 15.4. The second-order valence-corrected chi connectivity index (χ2v) is 7.22. The Morgan fingerprint density at radius 3 is 2.96 bits per heavy atom. The van der Waals surface area contributed by atoms with Crippen LogP contribution in [0.4, 0.5) is 0 Å². The van der Waals surface area contributed by atoms with Crippen molar-refractivity contribution in [1.29, 1.82) is 0 Å². The van der Waals surface area contributed by atoms with Gasteiger partial charge in [0.25, 0.3) is 5.91 Å². The lowest BCUT2D eigenvalue weighted by Crippen LogP contribution is -2.30. The number of aliphatic hydroxyl groups is 1. The number of benzene rings is 1. The Balaban J connectivity index is 1.55. The molecule has 1 amide bonds. The molecule has 5 nitrogen and oxygen atoms in total. The van der Waals surface area contributed by atoms with Crippen LogP contribution in [0.5, 0.6) is 0 Å². The van der Waals surface area contributed by atoms with Gasteiger partial charge in [-0.2, -0.15) is 0 Å². The minimum atomic E-state index is -0.391. The summed E-state index contributed by atoms with van der Waals surface area (Å²) < 4.78 is 6.86. The van der Waals surface area contributed by atoms with Gasteiger partial charge in [0.1, 0.15) is 0 Å². The highest BCUT2D eigenvalue weighted by atomic mass is 32.1. The minimum absolute atomic E-state index is 0.120. The number of carbonyl (C=O) groups excluding carboxylic acids is 1. The second-order valence-electron chi connectivity index (χ2n) is 6.19.